The van der Waals surface area contributed by atoms with Gasteiger partial charge in [0.1, 0.15) is 0 Å². The number of rotatable bonds is 3. The predicted molar refractivity (Wildman–Crippen MR) is 76.0 cm³/mol. The van der Waals surface area contributed by atoms with Crippen molar-refractivity contribution in [2.24, 2.45) is 11.7 Å². The molecule has 3 N–H and O–H groups in total. The molecule has 1 aromatic carbocycles. The van der Waals surface area contributed by atoms with Crippen LogP contribution < -0.4 is 5.73 Å². The summed E-state index contributed by atoms with van der Waals surface area (Å²) in [6, 6.07) is -0.0577. The van der Waals surface area contributed by atoms with Gasteiger partial charge in [-0.2, -0.15) is 26.3 Å². The first kappa shape index (κ1) is 19.1. The van der Waals surface area contributed by atoms with Crippen LogP contribution in [0, 0.1) is 5.92 Å². The number of halogens is 6. The van der Waals surface area contributed by atoms with Crippen molar-refractivity contribution < 1.29 is 31.4 Å². The summed E-state index contributed by atoms with van der Waals surface area (Å²) in [5.74, 6) is -0.211. The van der Waals surface area contributed by atoms with Crippen LogP contribution in [0.1, 0.15) is 54.8 Å². The Morgan fingerprint density at radius 3 is 1.75 bits per heavy atom. The van der Waals surface area contributed by atoms with E-state index in [2.05, 4.69) is 0 Å². The fraction of sp³-hybridized carbons (Fsp3) is 0.625. The summed E-state index contributed by atoms with van der Waals surface area (Å²) in [6.07, 6.45) is -6.96. The first-order valence-electron chi connectivity index (χ1n) is 7.73. The Kier molecular flexibility index (Phi) is 5.49. The van der Waals surface area contributed by atoms with Crippen molar-refractivity contribution in [1.82, 2.24) is 0 Å². The van der Waals surface area contributed by atoms with Crippen molar-refractivity contribution in [3.63, 3.8) is 0 Å². The molecular weight excluding hydrogens is 336 g/mol. The van der Waals surface area contributed by atoms with E-state index in [1.54, 1.807) is 0 Å². The van der Waals surface area contributed by atoms with Crippen molar-refractivity contribution >= 4 is 0 Å². The summed E-state index contributed by atoms with van der Waals surface area (Å²) in [5.41, 5.74) is 2.62. The third-order valence-corrected chi connectivity index (χ3v) is 4.50. The summed E-state index contributed by atoms with van der Waals surface area (Å²) in [5, 5.41) is 10.3. The molecule has 0 unspecified atom stereocenters. The van der Waals surface area contributed by atoms with Gasteiger partial charge in [-0.25, -0.2) is 0 Å². The molecule has 2 nitrogen and oxygen atoms in total. The van der Waals surface area contributed by atoms with Crippen molar-refractivity contribution in [1.29, 1.82) is 0 Å². The van der Waals surface area contributed by atoms with Crippen molar-refractivity contribution in [3.05, 3.63) is 34.9 Å². The van der Waals surface area contributed by atoms with Gasteiger partial charge in [0.05, 0.1) is 23.3 Å². The van der Waals surface area contributed by atoms with Gasteiger partial charge in [-0.05, 0) is 42.5 Å². The highest BCUT2D eigenvalue weighted by Crippen LogP contribution is 2.39. The molecule has 0 bridgehead atoms. The van der Waals surface area contributed by atoms with E-state index in [-0.39, 0.29) is 17.5 Å². The summed E-state index contributed by atoms with van der Waals surface area (Å²) in [7, 11) is 0. The smallest absolute Gasteiger partial charge is 0.391 e. The second-order valence-electron chi connectivity index (χ2n) is 6.25. The molecule has 1 aromatic rings. The van der Waals surface area contributed by atoms with E-state index in [9.17, 15) is 31.4 Å². The number of aliphatic hydroxyl groups is 1. The molecule has 24 heavy (non-hydrogen) atoms. The van der Waals surface area contributed by atoms with Gasteiger partial charge in [0.2, 0.25) is 0 Å². The second kappa shape index (κ2) is 6.92. The predicted octanol–water partition coefficient (Wildman–Crippen LogP) is 4.67. The van der Waals surface area contributed by atoms with E-state index < -0.39 is 35.6 Å². The first-order valence-corrected chi connectivity index (χ1v) is 7.73. The van der Waals surface area contributed by atoms with Gasteiger partial charge >= 0.3 is 12.4 Å². The Labute approximate surface area is 135 Å². The van der Waals surface area contributed by atoms with Crippen LogP contribution in [-0.2, 0) is 12.4 Å². The molecule has 2 atom stereocenters. The van der Waals surface area contributed by atoms with E-state index in [1.165, 1.54) is 0 Å². The normalized spacial score (nSPS) is 20.0. The van der Waals surface area contributed by atoms with Crippen molar-refractivity contribution in [3.8, 4) is 0 Å². The summed E-state index contributed by atoms with van der Waals surface area (Å²) < 4.78 is 77.3. The molecule has 1 aliphatic rings. The van der Waals surface area contributed by atoms with Gasteiger partial charge in [-0.3, -0.25) is 0 Å². The SMILES string of the molecule is N[C@H](c1cc(C(F)(F)F)cc(C(F)(F)F)c1)[C@@H](O)C1CCCCC1. The average Bonchev–Trinajstić information content (AvgIpc) is 2.52. The molecular formula is C16H19F6NO. The Bertz CT molecular complexity index is 530. The number of nitrogens with two attached hydrogens (primary N) is 1. The van der Waals surface area contributed by atoms with Gasteiger partial charge in [0.25, 0.3) is 0 Å². The topological polar surface area (TPSA) is 46.2 Å². The molecule has 0 saturated heterocycles. The van der Waals surface area contributed by atoms with Crippen LogP contribution in [0.25, 0.3) is 0 Å². The zero-order valence-electron chi connectivity index (χ0n) is 12.8. The maximum absolute atomic E-state index is 12.9. The minimum absolute atomic E-state index is 0.0587. The molecule has 0 radical (unpaired) electrons. The highest BCUT2D eigenvalue weighted by molar-refractivity contribution is 5.35. The molecule has 0 amide bonds. The molecule has 8 heteroatoms. The number of aliphatic hydroxyl groups excluding tert-OH is 1. The quantitative estimate of drug-likeness (QED) is 0.775. The highest BCUT2D eigenvalue weighted by atomic mass is 19.4. The zero-order chi connectivity index (χ0) is 18.1. The van der Waals surface area contributed by atoms with Crippen LogP contribution in [0.2, 0.25) is 0 Å². The molecule has 2 rings (SSSR count). The van der Waals surface area contributed by atoms with Crippen LogP contribution in [0.15, 0.2) is 18.2 Å². The minimum Gasteiger partial charge on any atom is -0.391 e. The largest absolute Gasteiger partial charge is 0.416 e. The molecule has 0 spiro atoms. The number of benzene rings is 1. The van der Waals surface area contributed by atoms with Gasteiger partial charge in [0.15, 0.2) is 0 Å². The number of hydrogen-bond donors (Lipinski definition) is 2. The standard InChI is InChI=1S/C16H19F6NO/c17-15(18,19)11-6-10(7-12(8-11)16(20,21)22)13(23)14(24)9-4-2-1-3-5-9/h6-9,13-14,24H,1-5,23H2/t13-,14+/m1/s1. The van der Waals surface area contributed by atoms with E-state index in [4.69, 9.17) is 5.73 Å². The minimum atomic E-state index is -4.93. The third kappa shape index (κ3) is 4.42. The maximum atomic E-state index is 12.9. The molecule has 1 fully saturated rings. The van der Waals surface area contributed by atoms with Crippen LogP contribution >= 0.6 is 0 Å². The molecule has 0 heterocycles. The monoisotopic (exact) mass is 355 g/mol. The van der Waals surface area contributed by atoms with E-state index >= 15 is 0 Å². The molecule has 0 aromatic heterocycles. The van der Waals surface area contributed by atoms with Gasteiger partial charge in [0, 0.05) is 0 Å². The van der Waals surface area contributed by atoms with Crippen LogP contribution in [0.3, 0.4) is 0 Å². The van der Waals surface area contributed by atoms with Crippen LogP contribution in [0.4, 0.5) is 26.3 Å². The fourth-order valence-electron chi connectivity index (χ4n) is 3.14. The molecule has 1 saturated carbocycles. The van der Waals surface area contributed by atoms with E-state index in [0.717, 1.165) is 19.3 Å². The Morgan fingerprint density at radius 1 is 0.875 bits per heavy atom. The fourth-order valence-corrected chi connectivity index (χ4v) is 3.14. The molecule has 0 aliphatic heterocycles. The second-order valence-corrected chi connectivity index (χ2v) is 6.25. The van der Waals surface area contributed by atoms with Crippen molar-refractivity contribution in [2.45, 2.75) is 56.6 Å². The van der Waals surface area contributed by atoms with Crippen LogP contribution in [0.5, 0.6) is 0 Å². The number of alkyl halides is 6. The lowest BCUT2D eigenvalue weighted by Crippen LogP contribution is -2.34. The zero-order valence-corrected chi connectivity index (χ0v) is 12.8. The lowest BCUT2D eigenvalue weighted by Gasteiger charge is -2.31. The van der Waals surface area contributed by atoms with E-state index in [1.807, 2.05) is 0 Å². The lowest BCUT2D eigenvalue weighted by atomic mass is 9.81. The Morgan fingerprint density at radius 2 is 1.33 bits per heavy atom. The Hall–Kier alpha value is -1.28. The van der Waals surface area contributed by atoms with Gasteiger partial charge < -0.3 is 10.8 Å². The Balaban J connectivity index is 2.36. The average molecular weight is 355 g/mol. The first-order chi connectivity index (χ1) is 11.0. The van der Waals surface area contributed by atoms with E-state index in [0.29, 0.717) is 25.0 Å². The van der Waals surface area contributed by atoms with Gasteiger partial charge in [-0.1, -0.05) is 19.3 Å². The lowest BCUT2D eigenvalue weighted by molar-refractivity contribution is -0.143. The van der Waals surface area contributed by atoms with Gasteiger partial charge in [-0.15, -0.1) is 0 Å². The summed E-state index contributed by atoms with van der Waals surface area (Å²) in [6.45, 7) is 0. The van der Waals surface area contributed by atoms with Crippen molar-refractivity contribution in [2.75, 3.05) is 0 Å². The summed E-state index contributed by atoms with van der Waals surface area (Å²) in [4.78, 5) is 0. The maximum Gasteiger partial charge on any atom is 0.416 e. The third-order valence-electron chi connectivity index (χ3n) is 4.50. The summed E-state index contributed by atoms with van der Waals surface area (Å²) >= 11 is 0. The molecule has 1 aliphatic carbocycles. The molecule has 136 valence electrons. The number of hydrogen-bond acceptors (Lipinski definition) is 2. The van der Waals surface area contributed by atoms with Crippen LogP contribution in [-0.4, -0.2) is 11.2 Å². The highest BCUT2D eigenvalue weighted by Gasteiger charge is 2.38.